The molecule has 1 aromatic heterocycles. The van der Waals surface area contributed by atoms with Gasteiger partial charge >= 0.3 is 0 Å². The molecule has 0 aliphatic heterocycles. The first-order chi connectivity index (χ1) is 7.18. The van der Waals surface area contributed by atoms with Gasteiger partial charge in [-0.2, -0.15) is 0 Å². The second-order valence-electron chi connectivity index (χ2n) is 4.08. The highest BCUT2D eigenvalue weighted by atomic mass is 16.1. The first kappa shape index (κ1) is 9.97. The molecule has 1 aromatic carbocycles. The number of benzene rings is 1. The number of rotatable bonds is 3. The van der Waals surface area contributed by atoms with Crippen LogP contribution in [0, 0.1) is 5.92 Å². The molecule has 0 saturated heterocycles. The van der Waals surface area contributed by atoms with Crippen molar-refractivity contribution in [2.75, 3.05) is 0 Å². The molecule has 2 rings (SSSR count). The highest BCUT2D eigenvalue weighted by molar-refractivity contribution is 5.84. The van der Waals surface area contributed by atoms with E-state index in [9.17, 15) is 4.79 Å². The van der Waals surface area contributed by atoms with Crippen LogP contribution in [0.5, 0.6) is 0 Å². The molecule has 0 radical (unpaired) electrons. The van der Waals surface area contributed by atoms with Crippen LogP contribution < -0.4 is 0 Å². The lowest BCUT2D eigenvalue weighted by Crippen LogP contribution is -2.08. The predicted octanol–water partition coefficient (Wildman–Crippen LogP) is 2.94. The summed E-state index contributed by atoms with van der Waals surface area (Å²) < 4.78 is 0. The van der Waals surface area contributed by atoms with Gasteiger partial charge in [-0.3, -0.25) is 4.79 Å². The molecule has 15 heavy (non-hydrogen) atoms. The maximum atomic E-state index is 11.2. The van der Waals surface area contributed by atoms with Crippen molar-refractivity contribution in [2.45, 2.75) is 20.3 Å². The number of carbonyl (C=O) groups excluding carboxylic acids is 1. The molecule has 1 N–H and O–H groups in total. The van der Waals surface area contributed by atoms with Crippen LogP contribution in [0.25, 0.3) is 10.9 Å². The van der Waals surface area contributed by atoms with E-state index < -0.39 is 0 Å². The number of hydrogen-bond donors (Lipinski definition) is 1. The lowest BCUT2D eigenvalue weighted by molar-refractivity contribution is -0.120. The van der Waals surface area contributed by atoms with Crippen LogP contribution >= 0.6 is 0 Å². The molecule has 0 saturated carbocycles. The van der Waals surface area contributed by atoms with Gasteiger partial charge in [0.05, 0.1) is 0 Å². The standard InChI is InChI=1S/C13H15NO/c1-9(10(2)15)7-11-8-14-13-6-4-3-5-12(11)13/h3-6,8-9,14H,7H2,1-2H3/t9-/m1/s1. The summed E-state index contributed by atoms with van der Waals surface area (Å²) in [5.41, 5.74) is 2.37. The maximum Gasteiger partial charge on any atom is 0.132 e. The first-order valence-corrected chi connectivity index (χ1v) is 5.24. The van der Waals surface area contributed by atoms with E-state index in [0.717, 1.165) is 11.9 Å². The van der Waals surface area contributed by atoms with Crippen LogP contribution in [0.2, 0.25) is 0 Å². The second kappa shape index (κ2) is 3.89. The molecule has 0 aliphatic carbocycles. The van der Waals surface area contributed by atoms with Gasteiger partial charge in [-0.05, 0) is 25.0 Å². The Morgan fingerprint density at radius 1 is 1.40 bits per heavy atom. The number of fused-ring (bicyclic) bond motifs is 1. The Morgan fingerprint density at radius 2 is 2.13 bits per heavy atom. The fourth-order valence-corrected chi connectivity index (χ4v) is 1.77. The van der Waals surface area contributed by atoms with E-state index in [0.29, 0.717) is 0 Å². The van der Waals surface area contributed by atoms with Crippen molar-refractivity contribution in [1.29, 1.82) is 0 Å². The van der Waals surface area contributed by atoms with Crippen molar-refractivity contribution >= 4 is 16.7 Å². The van der Waals surface area contributed by atoms with Gasteiger partial charge in [-0.25, -0.2) is 0 Å². The molecular weight excluding hydrogens is 186 g/mol. The van der Waals surface area contributed by atoms with E-state index in [1.165, 1.54) is 10.9 Å². The zero-order valence-corrected chi connectivity index (χ0v) is 9.08. The Kier molecular flexibility index (Phi) is 2.58. The highest BCUT2D eigenvalue weighted by Gasteiger charge is 2.11. The van der Waals surface area contributed by atoms with Crippen molar-refractivity contribution in [3.05, 3.63) is 36.0 Å². The number of H-pyrrole nitrogens is 1. The SMILES string of the molecule is CC(=O)[C@H](C)Cc1c[nH]c2ccccc12. The molecule has 2 heteroatoms. The molecule has 0 bridgehead atoms. The molecule has 0 amide bonds. The minimum Gasteiger partial charge on any atom is -0.361 e. The molecular formula is C13H15NO. The number of hydrogen-bond acceptors (Lipinski definition) is 1. The van der Waals surface area contributed by atoms with E-state index in [-0.39, 0.29) is 11.7 Å². The minimum absolute atomic E-state index is 0.101. The summed E-state index contributed by atoms with van der Waals surface area (Å²) >= 11 is 0. The molecule has 0 fully saturated rings. The number of ketones is 1. The van der Waals surface area contributed by atoms with Crippen LogP contribution in [-0.2, 0) is 11.2 Å². The van der Waals surface area contributed by atoms with Crippen molar-refractivity contribution in [1.82, 2.24) is 4.98 Å². The third-order valence-electron chi connectivity index (χ3n) is 2.90. The smallest absolute Gasteiger partial charge is 0.132 e. The zero-order chi connectivity index (χ0) is 10.8. The summed E-state index contributed by atoms with van der Waals surface area (Å²) in [6.45, 7) is 3.63. The van der Waals surface area contributed by atoms with Crippen molar-refractivity contribution in [2.24, 2.45) is 5.92 Å². The Morgan fingerprint density at radius 3 is 2.87 bits per heavy atom. The minimum atomic E-state index is 0.101. The van der Waals surface area contributed by atoms with E-state index in [4.69, 9.17) is 0 Å². The van der Waals surface area contributed by atoms with Crippen molar-refractivity contribution < 1.29 is 4.79 Å². The Bertz CT molecular complexity index is 484. The molecule has 1 heterocycles. The summed E-state index contributed by atoms with van der Waals surface area (Å²) in [4.78, 5) is 14.4. The summed E-state index contributed by atoms with van der Waals surface area (Å²) in [5, 5.41) is 1.23. The van der Waals surface area contributed by atoms with E-state index in [1.54, 1.807) is 6.92 Å². The summed E-state index contributed by atoms with van der Waals surface area (Å²) in [6, 6.07) is 8.18. The van der Waals surface area contributed by atoms with E-state index in [2.05, 4.69) is 17.1 Å². The number of Topliss-reactive ketones (excluding diaryl/α,β-unsaturated/α-hetero) is 1. The van der Waals surface area contributed by atoms with Gasteiger partial charge < -0.3 is 4.98 Å². The van der Waals surface area contributed by atoms with Gasteiger partial charge in [0.25, 0.3) is 0 Å². The van der Waals surface area contributed by atoms with Gasteiger partial charge in [0.1, 0.15) is 5.78 Å². The Labute approximate surface area is 89.3 Å². The monoisotopic (exact) mass is 201 g/mol. The maximum absolute atomic E-state index is 11.2. The van der Waals surface area contributed by atoms with Crippen LogP contribution in [0.4, 0.5) is 0 Å². The van der Waals surface area contributed by atoms with Crippen LogP contribution in [0.3, 0.4) is 0 Å². The average molecular weight is 201 g/mol. The molecule has 0 aliphatic rings. The topological polar surface area (TPSA) is 32.9 Å². The first-order valence-electron chi connectivity index (χ1n) is 5.24. The number of aromatic amines is 1. The van der Waals surface area contributed by atoms with Gasteiger partial charge in [0, 0.05) is 23.0 Å². The highest BCUT2D eigenvalue weighted by Crippen LogP contribution is 2.20. The molecule has 0 spiro atoms. The Balaban J connectivity index is 2.32. The normalized spacial score (nSPS) is 12.9. The number of carbonyl (C=O) groups is 1. The molecule has 2 nitrogen and oxygen atoms in total. The zero-order valence-electron chi connectivity index (χ0n) is 9.08. The van der Waals surface area contributed by atoms with Crippen LogP contribution in [0.15, 0.2) is 30.5 Å². The van der Waals surface area contributed by atoms with E-state index >= 15 is 0 Å². The number of para-hydroxylation sites is 1. The fourth-order valence-electron chi connectivity index (χ4n) is 1.77. The quantitative estimate of drug-likeness (QED) is 0.813. The lowest BCUT2D eigenvalue weighted by atomic mass is 9.98. The molecule has 0 unspecified atom stereocenters. The van der Waals surface area contributed by atoms with E-state index in [1.807, 2.05) is 25.3 Å². The van der Waals surface area contributed by atoms with Crippen LogP contribution in [-0.4, -0.2) is 10.8 Å². The van der Waals surface area contributed by atoms with Crippen molar-refractivity contribution in [3.63, 3.8) is 0 Å². The van der Waals surface area contributed by atoms with Crippen molar-refractivity contribution in [3.8, 4) is 0 Å². The number of aromatic nitrogens is 1. The third-order valence-corrected chi connectivity index (χ3v) is 2.90. The van der Waals surface area contributed by atoms with Gasteiger partial charge in [0.15, 0.2) is 0 Å². The van der Waals surface area contributed by atoms with Gasteiger partial charge in [-0.1, -0.05) is 25.1 Å². The van der Waals surface area contributed by atoms with Gasteiger partial charge in [0.2, 0.25) is 0 Å². The largest absolute Gasteiger partial charge is 0.361 e. The third kappa shape index (κ3) is 1.94. The average Bonchev–Trinajstić information content (AvgIpc) is 2.62. The predicted molar refractivity (Wildman–Crippen MR) is 61.8 cm³/mol. The fraction of sp³-hybridized carbons (Fsp3) is 0.308. The summed E-state index contributed by atoms with van der Waals surface area (Å²) in [7, 11) is 0. The second-order valence-corrected chi connectivity index (χ2v) is 4.08. The number of nitrogens with one attached hydrogen (secondary N) is 1. The Hall–Kier alpha value is -1.57. The van der Waals surface area contributed by atoms with Gasteiger partial charge in [-0.15, -0.1) is 0 Å². The summed E-state index contributed by atoms with van der Waals surface area (Å²) in [5.74, 6) is 0.351. The summed E-state index contributed by atoms with van der Waals surface area (Å²) in [6.07, 6.45) is 2.82. The lowest BCUT2D eigenvalue weighted by Gasteiger charge is -2.05. The van der Waals surface area contributed by atoms with Crippen LogP contribution in [0.1, 0.15) is 19.4 Å². The molecule has 1 atom stereocenters. The molecule has 2 aromatic rings. The molecule has 78 valence electrons.